The monoisotopic (exact) mass is 384 g/mol. The van der Waals surface area contributed by atoms with Gasteiger partial charge >= 0.3 is 0 Å². The molecule has 7 heteroatoms. The Hall–Kier alpha value is -3.22. The minimum absolute atomic E-state index is 0.0962. The van der Waals surface area contributed by atoms with Crippen LogP contribution in [-0.4, -0.2) is 38.7 Å². The maximum absolute atomic E-state index is 12.2. The highest BCUT2D eigenvalue weighted by Gasteiger charge is 2.28. The fourth-order valence-corrected chi connectivity index (χ4v) is 2.91. The summed E-state index contributed by atoms with van der Waals surface area (Å²) in [5.74, 6) is 1.88. The van der Waals surface area contributed by atoms with Gasteiger partial charge in [0.05, 0.1) is 19.4 Å². The Morgan fingerprint density at radius 1 is 1.18 bits per heavy atom. The molecule has 0 saturated carbocycles. The molecule has 2 aromatic rings. The van der Waals surface area contributed by atoms with E-state index in [0.717, 1.165) is 11.5 Å². The number of nitrogens with zero attached hydrogens (tertiary/aromatic N) is 1. The molecule has 0 radical (unpaired) electrons. The van der Waals surface area contributed by atoms with Gasteiger partial charge in [0.15, 0.2) is 6.10 Å². The summed E-state index contributed by atoms with van der Waals surface area (Å²) in [5, 5.41) is 2.85. The standard InChI is InChI=1S/C21H24N2O5/c1-14-21(25)23(2)18-11-6-15(13-19(18)28-14)22-20(24)5-4-12-27-17-9-7-16(26-3)8-10-17/h6-11,13-14H,4-5,12H2,1-3H3,(H,22,24). The Morgan fingerprint density at radius 2 is 1.89 bits per heavy atom. The van der Waals surface area contributed by atoms with Gasteiger partial charge in [-0.3, -0.25) is 9.59 Å². The zero-order valence-corrected chi connectivity index (χ0v) is 16.2. The summed E-state index contributed by atoms with van der Waals surface area (Å²) in [7, 11) is 3.32. The number of likely N-dealkylation sites (N-methyl/N-ethyl adjacent to an activating group) is 1. The van der Waals surface area contributed by atoms with Crippen LogP contribution in [0.5, 0.6) is 17.2 Å². The van der Waals surface area contributed by atoms with Crippen molar-refractivity contribution in [2.24, 2.45) is 0 Å². The number of hydrogen-bond donors (Lipinski definition) is 1. The maximum Gasteiger partial charge on any atom is 0.267 e. The molecule has 0 aliphatic carbocycles. The molecular formula is C21H24N2O5. The number of hydrogen-bond acceptors (Lipinski definition) is 5. The molecule has 3 rings (SSSR count). The third-order valence-corrected chi connectivity index (χ3v) is 4.46. The second-order valence-corrected chi connectivity index (χ2v) is 6.52. The first-order valence-corrected chi connectivity index (χ1v) is 9.13. The number of carbonyl (C=O) groups excluding carboxylic acids is 2. The topological polar surface area (TPSA) is 77.1 Å². The van der Waals surface area contributed by atoms with Crippen molar-refractivity contribution in [3.63, 3.8) is 0 Å². The normalized spacial score (nSPS) is 15.5. The second-order valence-electron chi connectivity index (χ2n) is 6.52. The van der Waals surface area contributed by atoms with E-state index in [1.807, 2.05) is 24.3 Å². The Balaban J connectivity index is 1.47. The molecule has 0 saturated heterocycles. The molecule has 0 fully saturated rings. The van der Waals surface area contributed by atoms with Crippen molar-refractivity contribution in [3.8, 4) is 17.2 Å². The highest BCUT2D eigenvalue weighted by Crippen LogP contribution is 2.35. The van der Waals surface area contributed by atoms with Crippen molar-refractivity contribution in [1.29, 1.82) is 0 Å². The minimum atomic E-state index is -0.543. The lowest BCUT2D eigenvalue weighted by atomic mass is 10.2. The summed E-state index contributed by atoms with van der Waals surface area (Å²) >= 11 is 0. The van der Waals surface area contributed by atoms with Crippen molar-refractivity contribution in [1.82, 2.24) is 0 Å². The van der Waals surface area contributed by atoms with Crippen LogP contribution in [-0.2, 0) is 9.59 Å². The van der Waals surface area contributed by atoms with Crippen LogP contribution in [0.25, 0.3) is 0 Å². The van der Waals surface area contributed by atoms with Crippen molar-refractivity contribution in [3.05, 3.63) is 42.5 Å². The van der Waals surface area contributed by atoms with Gasteiger partial charge in [0.25, 0.3) is 5.91 Å². The molecule has 2 amide bonds. The maximum atomic E-state index is 12.2. The van der Waals surface area contributed by atoms with Crippen LogP contribution in [0.15, 0.2) is 42.5 Å². The van der Waals surface area contributed by atoms with Crippen LogP contribution >= 0.6 is 0 Å². The van der Waals surface area contributed by atoms with Gasteiger partial charge in [0.2, 0.25) is 5.91 Å². The van der Waals surface area contributed by atoms with E-state index < -0.39 is 6.10 Å². The van der Waals surface area contributed by atoms with E-state index in [9.17, 15) is 9.59 Å². The molecule has 1 heterocycles. The molecular weight excluding hydrogens is 360 g/mol. The van der Waals surface area contributed by atoms with Crippen LogP contribution in [0.3, 0.4) is 0 Å². The summed E-state index contributed by atoms with van der Waals surface area (Å²) in [6.07, 6.45) is 0.384. The lowest BCUT2D eigenvalue weighted by Gasteiger charge is -2.30. The number of carbonyl (C=O) groups is 2. The molecule has 1 aliphatic rings. The van der Waals surface area contributed by atoms with Gasteiger partial charge in [-0.2, -0.15) is 0 Å². The fraction of sp³-hybridized carbons (Fsp3) is 0.333. The second kappa shape index (κ2) is 8.65. The number of nitrogens with one attached hydrogen (secondary N) is 1. The first kappa shape index (κ1) is 19.5. The van der Waals surface area contributed by atoms with Crippen LogP contribution in [0.4, 0.5) is 11.4 Å². The van der Waals surface area contributed by atoms with E-state index in [4.69, 9.17) is 14.2 Å². The van der Waals surface area contributed by atoms with Crippen LogP contribution in [0.2, 0.25) is 0 Å². The van der Waals surface area contributed by atoms with Gasteiger partial charge in [-0.15, -0.1) is 0 Å². The van der Waals surface area contributed by atoms with E-state index in [-0.39, 0.29) is 11.8 Å². The third kappa shape index (κ3) is 4.54. The van der Waals surface area contributed by atoms with Gasteiger partial charge in [-0.25, -0.2) is 0 Å². The lowest BCUT2D eigenvalue weighted by Crippen LogP contribution is -2.41. The molecule has 0 aromatic heterocycles. The largest absolute Gasteiger partial charge is 0.497 e. The van der Waals surface area contributed by atoms with Crippen molar-refractivity contribution >= 4 is 23.2 Å². The molecule has 28 heavy (non-hydrogen) atoms. The van der Waals surface area contributed by atoms with E-state index >= 15 is 0 Å². The van der Waals surface area contributed by atoms with Crippen LogP contribution in [0, 0.1) is 0 Å². The molecule has 2 aromatic carbocycles. The summed E-state index contributed by atoms with van der Waals surface area (Å²) < 4.78 is 16.3. The van der Waals surface area contributed by atoms with E-state index in [0.29, 0.717) is 36.6 Å². The Bertz CT molecular complexity index is 850. The number of methoxy groups -OCH3 is 1. The summed E-state index contributed by atoms with van der Waals surface area (Å²) in [5.41, 5.74) is 1.32. The van der Waals surface area contributed by atoms with Gasteiger partial charge in [-0.05, 0) is 49.7 Å². The predicted octanol–water partition coefficient (Wildman–Crippen LogP) is 3.24. The zero-order chi connectivity index (χ0) is 20.1. The fourth-order valence-electron chi connectivity index (χ4n) is 2.91. The van der Waals surface area contributed by atoms with Gasteiger partial charge in [0, 0.05) is 25.2 Å². The third-order valence-electron chi connectivity index (χ3n) is 4.46. The SMILES string of the molecule is COc1ccc(OCCCC(=O)Nc2ccc3c(c2)OC(C)C(=O)N3C)cc1. The van der Waals surface area contributed by atoms with Gasteiger partial charge < -0.3 is 24.4 Å². The Morgan fingerprint density at radius 3 is 2.61 bits per heavy atom. The van der Waals surface area contributed by atoms with Crippen LogP contribution in [0.1, 0.15) is 19.8 Å². The average molecular weight is 384 g/mol. The van der Waals surface area contributed by atoms with Crippen molar-refractivity contribution in [2.75, 3.05) is 31.0 Å². The number of fused-ring (bicyclic) bond motifs is 1. The highest BCUT2D eigenvalue weighted by atomic mass is 16.5. The summed E-state index contributed by atoms with van der Waals surface area (Å²) in [6.45, 7) is 2.15. The predicted molar refractivity (Wildman–Crippen MR) is 106 cm³/mol. The lowest BCUT2D eigenvalue weighted by molar-refractivity contribution is -0.125. The minimum Gasteiger partial charge on any atom is -0.497 e. The molecule has 148 valence electrons. The molecule has 1 aliphatic heterocycles. The average Bonchev–Trinajstić information content (AvgIpc) is 2.70. The quantitative estimate of drug-likeness (QED) is 0.742. The Labute approximate surface area is 164 Å². The smallest absolute Gasteiger partial charge is 0.267 e. The van der Waals surface area contributed by atoms with Crippen molar-refractivity contribution in [2.45, 2.75) is 25.9 Å². The number of anilines is 2. The highest BCUT2D eigenvalue weighted by molar-refractivity contribution is 6.00. The van der Waals surface area contributed by atoms with E-state index in [1.54, 1.807) is 44.2 Å². The van der Waals surface area contributed by atoms with Gasteiger partial charge in [-0.1, -0.05) is 0 Å². The molecule has 1 N–H and O–H groups in total. The van der Waals surface area contributed by atoms with Gasteiger partial charge in [0.1, 0.15) is 17.2 Å². The Kier molecular flexibility index (Phi) is 6.03. The first-order valence-electron chi connectivity index (χ1n) is 9.13. The van der Waals surface area contributed by atoms with E-state index in [1.165, 1.54) is 0 Å². The number of ether oxygens (including phenoxy) is 3. The molecule has 0 bridgehead atoms. The zero-order valence-electron chi connectivity index (χ0n) is 16.2. The molecule has 7 nitrogen and oxygen atoms in total. The molecule has 0 spiro atoms. The molecule has 1 atom stereocenters. The summed E-state index contributed by atoms with van der Waals surface area (Å²) in [4.78, 5) is 25.7. The summed E-state index contributed by atoms with van der Waals surface area (Å²) in [6, 6.07) is 12.6. The van der Waals surface area contributed by atoms with Crippen LogP contribution < -0.4 is 24.4 Å². The molecule has 1 unspecified atom stereocenters. The first-order chi connectivity index (χ1) is 13.5. The van der Waals surface area contributed by atoms with Crippen molar-refractivity contribution < 1.29 is 23.8 Å². The number of benzene rings is 2. The van der Waals surface area contributed by atoms with E-state index in [2.05, 4.69) is 5.32 Å². The number of amides is 2. The number of rotatable bonds is 7.